The van der Waals surface area contributed by atoms with E-state index in [4.69, 9.17) is 21.7 Å². The van der Waals surface area contributed by atoms with Gasteiger partial charge < -0.3 is 53.3 Å². The van der Waals surface area contributed by atoms with Gasteiger partial charge in [-0.15, -0.1) is 47.0 Å². The average Bonchev–Trinajstić information content (AvgIpc) is 3.24. The Balaban J connectivity index is -0.000000154. The molecule has 0 aliphatic heterocycles. The van der Waals surface area contributed by atoms with Gasteiger partial charge in [0, 0.05) is 41.4 Å². The molecular formula is C38H63BrLiN4O10PS4. The summed E-state index contributed by atoms with van der Waals surface area (Å²) in [5.74, 6) is 3.10. The van der Waals surface area contributed by atoms with Crippen molar-refractivity contribution in [1.29, 1.82) is 0 Å². The maximum atomic E-state index is 10.4. The number of benzene rings is 3. The van der Waals surface area contributed by atoms with E-state index in [0.29, 0.717) is 36.1 Å². The molecule has 3 aromatic carbocycles. The number of hydrogen-bond acceptors (Lipinski definition) is 17. The summed E-state index contributed by atoms with van der Waals surface area (Å²) in [7, 11) is 5.18. The number of nitrogens with two attached hydrogens (primary N) is 3. The van der Waals surface area contributed by atoms with Crippen molar-refractivity contribution in [2.45, 2.75) is 0 Å². The molecule has 0 fully saturated rings. The van der Waals surface area contributed by atoms with Crippen LogP contribution < -0.4 is 58.1 Å². The van der Waals surface area contributed by atoms with Gasteiger partial charge >= 0.3 is 42.7 Å². The molecule has 0 amide bonds. The summed E-state index contributed by atoms with van der Waals surface area (Å²) < 4.78 is 13.2. The molecule has 3 aromatic rings. The number of hydrogen-bond donors (Lipinski definition) is 6. The van der Waals surface area contributed by atoms with E-state index < -0.39 is 13.9 Å². The molecule has 3 rings (SSSR count). The van der Waals surface area contributed by atoms with Crippen LogP contribution in [0, 0.1) is 0 Å². The van der Waals surface area contributed by atoms with Crippen molar-refractivity contribution >= 4 is 111 Å². The third-order valence-corrected chi connectivity index (χ3v) is 12.7. The molecule has 332 valence electrons. The number of aliphatic hydroxyl groups is 1. The molecule has 21 heteroatoms. The summed E-state index contributed by atoms with van der Waals surface area (Å²) in [6, 6.07) is 32.3. The van der Waals surface area contributed by atoms with E-state index in [2.05, 4.69) is 127 Å². The predicted molar refractivity (Wildman–Crippen MR) is 254 cm³/mol. The minimum absolute atomic E-state index is 0. The molecule has 0 aliphatic rings. The molecule has 0 heterocycles. The molecule has 0 spiro atoms. The van der Waals surface area contributed by atoms with Crippen LogP contribution in [0.3, 0.4) is 0 Å². The number of esters is 3. The maximum absolute atomic E-state index is 10.4. The smallest absolute Gasteiger partial charge is 0.870 e. The molecule has 0 atom stereocenters. The largest absolute Gasteiger partial charge is 1.00 e. The Labute approximate surface area is 389 Å². The second-order valence-electron chi connectivity index (χ2n) is 9.66. The van der Waals surface area contributed by atoms with Crippen LogP contribution in [-0.2, 0) is 33.4 Å². The van der Waals surface area contributed by atoms with Crippen molar-refractivity contribution in [3.05, 3.63) is 91.0 Å². The molecule has 59 heavy (non-hydrogen) atoms. The minimum Gasteiger partial charge on any atom is -0.870 e. The van der Waals surface area contributed by atoms with Gasteiger partial charge in [0.15, 0.2) is 0 Å². The molecule has 0 bridgehead atoms. The number of aliphatic hydroxyl groups excluding tert-OH is 1. The Hall–Kier alpha value is -1.79. The van der Waals surface area contributed by atoms with Crippen LogP contribution in [0.25, 0.3) is 0 Å². The summed E-state index contributed by atoms with van der Waals surface area (Å²) in [5, 5.41) is 21.5. The number of halogens is 1. The fraction of sp³-hybridized carbons (Fsp3) is 0.421. The molecule has 12 N–H and O–H groups in total. The molecule has 0 unspecified atom stereocenters. The first kappa shape index (κ1) is 68.9. The van der Waals surface area contributed by atoms with Crippen LogP contribution in [0.4, 0.5) is 0 Å². The Bertz CT molecular complexity index is 1220. The fourth-order valence-electron chi connectivity index (χ4n) is 3.27. The molecule has 0 saturated carbocycles. The minimum atomic E-state index is -0.775. The molecule has 0 saturated heterocycles. The number of ether oxygens (including phenoxy) is 3. The molecule has 14 nitrogen and oxygen atoms in total. The number of carbonyl (C=O) groups is 4. The maximum Gasteiger partial charge on any atom is 1.00 e. The number of rotatable bonds is 19. The van der Waals surface area contributed by atoms with Crippen molar-refractivity contribution in [2.75, 3.05) is 99.4 Å². The van der Waals surface area contributed by atoms with Crippen LogP contribution in [0.15, 0.2) is 91.0 Å². The molecular weight excluding hydrogens is 919 g/mol. The number of thioether (sulfide) groups is 4. The van der Waals surface area contributed by atoms with E-state index in [-0.39, 0.29) is 60.8 Å². The summed E-state index contributed by atoms with van der Waals surface area (Å²) in [6.45, 7) is 1.28. The Morgan fingerprint density at radius 3 is 1.14 bits per heavy atom. The van der Waals surface area contributed by atoms with Crippen LogP contribution >= 0.6 is 70.9 Å². The topological polar surface area (TPSA) is 279 Å². The first-order valence-corrected chi connectivity index (χ1v) is 24.1. The van der Waals surface area contributed by atoms with E-state index in [1.54, 1.807) is 11.8 Å². The van der Waals surface area contributed by atoms with Crippen LogP contribution in [0.2, 0.25) is 0 Å². The van der Waals surface area contributed by atoms with Crippen LogP contribution in [0.1, 0.15) is 0 Å². The van der Waals surface area contributed by atoms with Crippen molar-refractivity contribution in [3.8, 4) is 0 Å². The number of alkyl halides is 1. The zero-order chi connectivity index (χ0) is 42.7. The number of carbonyl (C=O) groups excluding carboxylic acids is 3. The van der Waals surface area contributed by atoms with Gasteiger partial charge in [-0.1, -0.05) is 107 Å². The number of carboxylic acids is 1. The fourth-order valence-corrected chi connectivity index (χ4v) is 8.44. The second-order valence-corrected chi connectivity index (χ2v) is 17.1. The van der Waals surface area contributed by atoms with E-state index in [1.165, 1.54) is 79.6 Å². The third-order valence-electron chi connectivity index (χ3n) is 5.59. The van der Waals surface area contributed by atoms with Gasteiger partial charge in [-0.05, 0) is 30.9 Å². The summed E-state index contributed by atoms with van der Waals surface area (Å²) in [4.78, 5) is 41.0. The first-order valence-electron chi connectivity index (χ1n) is 17.0. The Morgan fingerprint density at radius 1 is 0.593 bits per heavy atom. The van der Waals surface area contributed by atoms with Crippen LogP contribution in [0.5, 0.6) is 0 Å². The van der Waals surface area contributed by atoms with Gasteiger partial charge in [-0.3, -0.25) is 19.2 Å². The standard InChI is InChI=1S/C18H15P.C5H9BrO2S.C5H11NO2S.C5H10O3S.C4H9NO2S.CH5N.Li.H3N.H2O/c1-4-10-16(11-5-1)19(17-12-6-2-7-13-17)18-14-8-3-9-15-18;3*1-8-5(7)4-9-3-2-6;5-1-2-8-3-4(6)7;1-2;;;/h1-15H;2-4H2,1H3;2-4,6H2,1H3;6H,2-4H2,1H3;1-3,5H2,(H,6,7);2H2,1H3;;1H3;1H2/q;;;;;;+1;;/p-1. The number of methoxy groups -OCH3 is 3. The number of carboxylic acid groups (broad SMARTS) is 1. The van der Waals surface area contributed by atoms with E-state index in [0.717, 1.165) is 22.6 Å². The average molecular weight is 982 g/mol. The normalized spacial score (nSPS) is 8.92. The van der Waals surface area contributed by atoms with Gasteiger partial charge in [-0.2, -0.15) is 0 Å². The summed E-state index contributed by atoms with van der Waals surface area (Å²) in [5.41, 5.74) is 14.8. The third kappa shape index (κ3) is 45.6. The van der Waals surface area contributed by atoms with Crippen LogP contribution in [-0.4, -0.2) is 139 Å². The summed E-state index contributed by atoms with van der Waals surface area (Å²) in [6.07, 6.45) is 0. The van der Waals surface area contributed by atoms with Crippen molar-refractivity contribution in [3.63, 3.8) is 0 Å². The molecule has 0 aliphatic carbocycles. The zero-order valence-electron chi connectivity index (χ0n) is 34.7. The molecule has 0 aromatic heterocycles. The zero-order valence-corrected chi connectivity index (χ0v) is 40.5. The Morgan fingerprint density at radius 2 is 0.881 bits per heavy atom. The molecule has 0 radical (unpaired) electrons. The van der Waals surface area contributed by atoms with E-state index in [1.807, 2.05) is 0 Å². The SMILES string of the molecule is CN.COC(=O)CSCCBr.COC(=O)CSCCN.COC(=O)CSCCO.N.NCCSCC(=O)O.[Li+].[OH-].c1ccc(P(c2ccccc2)c2ccccc2)cc1. The van der Waals surface area contributed by atoms with Crippen molar-refractivity contribution < 1.29 is 67.9 Å². The van der Waals surface area contributed by atoms with Crippen molar-refractivity contribution in [1.82, 2.24) is 6.15 Å². The van der Waals surface area contributed by atoms with E-state index in [9.17, 15) is 19.2 Å². The van der Waals surface area contributed by atoms with Gasteiger partial charge in [0.1, 0.15) is 0 Å². The second kappa shape index (κ2) is 54.2. The van der Waals surface area contributed by atoms with Gasteiger partial charge in [0.25, 0.3) is 0 Å². The van der Waals surface area contributed by atoms with Crippen molar-refractivity contribution in [2.24, 2.45) is 17.2 Å². The summed E-state index contributed by atoms with van der Waals surface area (Å²) >= 11 is 9.00. The van der Waals surface area contributed by atoms with E-state index >= 15 is 0 Å². The quantitative estimate of drug-likeness (QED) is 0.0242. The van der Waals surface area contributed by atoms with Gasteiger partial charge in [-0.25, -0.2) is 0 Å². The first-order chi connectivity index (χ1) is 27.1. The van der Waals surface area contributed by atoms with Gasteiger partial charge in [0.05, 0.1) is 50.9 Å². The predicted octanol–water partition coefficient (Wildman–Crippen LogP) is 0.795. The number of aliphatic carboxylic acids is 1. The van der Waals surface area contributed by atoms with Gasteiger partial charge in [0.2, 0.25) is 0 Å². The monoisotopic (exact) mass is 980 g/mol. The Kier molecular flexibility index (Phi) is 63.3.